The van der Waals surface area contributed by atoms with Gasteiger partial charge in [0.25, 0.3) is 5.91 Å². The topological polar surface area (TPSA) is 79.8 Å². The molecule has 118 valence electrons. The fourth-order valence-corrected chi connectivity index (χ4v) is 3.59. The molecule has 0 unspecified atom stereocenters. The molecule has 8 heteroatoms. The van der Waals surface area contributed by atoms with Crippen molar-refractivity contribution < 1.29 is 19.1 Å². The van der Waals surface area contributed by atoms with E-state index in [4.69, 9.17) is 4.74 Å². The largest absolute Gasteiger partial charge is 0.433 e. The van der Waals surface area contributed by atoms with Gasteiger partial charge < -0.3 is 9.64 Å². The Balaban J connectivity index is 1.72. The third-order valence-electron chi connectivity index (χ3n) is 3.93. The van der Waals surface area contributed by atoms with Crippen LogP contribution in [0, 0.1) is 0 Å². The fraction of sp³-hybridized carbons (Fsp3) is 0.571. The molecule has 1 atom stereocenters. The van der Waals surface area contributed by atoms with Crippen LogP contribution >= 0.6 is 11.3 Å². The van der Waals surface area contributed by atoms with Crippen LogP contribution in [0.1, 0.15) is 37.7 Å². The lowest BCUT2D eigenvalue weighted by molar-refractivity contribution is -0.140. The Bertz CT molecular complexity index is 614. The van der Waals surface area contributed by atoms with Crippen molar-refractivity contribution in [1.29, 1.82) is 0 Å². The Labute approximate surface area is 131 Å². The van der Waals surface area contributed by atoms with E-state index in [1.807, 2.05) is 5.38 Å². The van der Waals surface area contributed by atoms with Gasteiger partial charge in [0.2, 0.25) is 5.91 Å². The molecule has 0 N–H and O–H groups in total. The first-order chi connectivity index (χ1) is 10.4. The van der Waals surface area contributed by atoms with E-state index >= 15 is 0 Å². The number of carbonyl (C=O) groups is 3. The Kier molecular flexibility index (Phi) is 3.64. The van der Waals surface area contributed by atoms with Crippen molar-refractivity contribution in [2.24, 2.45) is 0 Å². The lowest BCUT2D eigenvalue weighted by atomic mass is 10.1. The maximum Gasteiger partial charge on any atom is 0.418 e. The summed E-state index contributed by atoms with van der Waals surface area (Å²) in [6.45, 7) is 3.38. The van der Waals surface area contributed by atoms with Gasteiger partial charge in [0.05, 0.1) is 6.04 Å². The first-order valence-electron chi connectivity index (χ1n) is 7.14. The van der Waals surface area contributed by atoms with Crippen LogP contribution in [0.3, 0.4) is 0 Å². The molecular weight excluding hydrogens is 306 g/mol. The minimum atomic E-state index is -1.20. The number of rotatable bonds is 3. The van der Waals surface area contributed by atoms with Crippen molar-refractivity contribution in [3.63, 3.8) is 0 Å². The van der Waals surface area contributed by atoms with Crippen LogP contribution < -0.4 is 0 Å². The standard InChI is InChI=1S/C14H17N3O4S/c1-14(2)12(19)17(13(20)21-14)8-10(18)16-6-3-4-9(16)11-15-5-7-22-11/h5,7,9H,3-4,6,8H2,1-2H3/t9-/m0/s1. The summed E-state index contributed by atoms with van der Waals surface area (Å²) in [5.41, 5.74) is -1.20. The van der Waals surface area contributed by atoms with E-state index in [9.17, 15) is 14.4 Å². The van der Waals surface area contributed by atoms with E-state index in [1.54, 1.807) is 11.1 Å². The van der Waals surface area contributed by atoms with Gasteiger partial charge in [-0.25, -0.2) is 14.7 Å². The minimum absolute atomic E-state index is 0.0609. The maximum atomic E-state index is 12.5. The Morgan fingerprint density at radius 2 is 2.27 bits per heavy atom. The van der Waals surface area contributed by atoms with Crippen LogP contribution in [0.5, 0.6) is 0 Å². The number of imide groups is 1. The van der Waals surface area contributed by atoms with Gasteiger partial charge in [-0.2, -0.15) is 0 Å². The number of carbonyl (C=O) groups excluding carboxylic acids is 3. The average molecular weight is 323 g/mol. The summed E-state index contributed by atoms with van der Waals surface area (Å²) in [7, 11) is 0. The quantitative estimate of drug-likeness (QED) is 0.843. The highest BCUT2D eigenvalue weighted by atomic mass is 32.1. The second kappa shape index (κ2) is 5.35. The van der Waals surface area contributed by atoms with E-state index in [-0.39, 0.29) is 18.5 Å². The third kappa shape index (κ3) is 2.47. The molecule has 3 heterocycles. The molecule has 1 aromatic rings. The van der Waals surface area contributed by atoms with E-state index in [0.717, 1.165) is 22.7 Å². The molecule has 2 aliphatic heterocycles. The molecule has 0 spiro atoms. The Morgan fingerprint density at radius 1 is 1.50 bits per heavy atom. The van der Waals surface area contributed by atoms with Crippen molar-refractivity contribution in [2.45, 2.75) is 38.3 Å². The number of aromatic nitrogens is 1. The lowest BCUT2D eigenvalue weighted by Crippen LogP contribution is -2.44. The smallest absolute Gasteiger partial charge is 0.418 e. The molecular formula is C14H17N3O4S. The van der Waals surface area contributed by atoms with Gasteiger partial charge in [0.15, 0.2) is 5.60 Å². The summed E-state index contributed by atoms with van der Waals surface area (Å²) in [4.78, 5) is 43.2. The second-order valence-electron chi connectivity index (χ2n) is 5.89. The first-order valence-corrected chi connectivity index (χ1v) is 8.02. The van der Waals surface area contributed by atoms with Crippen LogP contribution in [0.4, 0.5) is 4.79 Å². The van der Waals surface area contributed by atoms with Crippen molar-refractivity contribution in [3.05, 3.63) is 16.6 Å². The molecule has 0 radical (unpaired) electrons. The third-order valence-corrected chi connectivity index (χ3v) is 4.80. The van der Waals surface area contributed by atoms with Crippen LogP contribution in [-0.2, 0) is 14.3 Å². The molecule has 2 fully saturated rings. The molecule has 0 bridgehead atoms. The maximum absolute atomic E-state index is 12.5. The van der Waals surface area contributed by atoms with Crippen molar-refractivity contribution in [1.82, 2.24) is 14.8 Å². The van der Waals surface area contributed by atoms with Gasteiger partial charge in [-0.3, -0.25) is 9.59 Å². The number of amides is 3. The molecule has 2 saturated heterocycles. The summed E-state index contributed by atoms with van der Waals surface area (Å²) in [5.74, 6) is -0.725. The molecule has 3 amide bonds. The Hall–Kier alpha value is -1.96. The summed E-state index contributed by atoms with van der Waals surface area (Å²) in [5, 5.41) is 2.77. The zero-order chi connectivity index (χ0) is 15.9. The highest BCUT2D eigenvalue weighted by molar-refractivity contribution is 7.09. The van der Waals surface area contributed by atoms with Crippen LogP contribution in [0.25, 0.3) is 0 Å². The fourth-order valence-electron chi connectivity index (χ4n) is 2.81. The summed E-state index contributed by atoms with van der Waals surface area (Å²) in [6.07, 6.45) is 2.70. The van der Waals surface area contributed by atoms with Crippen LogP contribution in [0.15, 0.2) is 11.6 Å². The number of likely N-dealkylation sites (tertiary alicyclic amines) is 1. The predicted molar refractivity (Wildman–Crippen MR) is 78.1 cm³/mol. The molecule has 0 aromatic carbocycles. The van der Waals surface area contributed by atoms with Gasteiger partial charge >= 0.3 is 6.09 Å². The molecule has 1 aromatic heterocycles. The van der Waals surface area contributed by atoms with Crippen molar-refractivity contribution in [3.8, 4) is 0 Å². The average Bonchev–Trinajstić information content (AvgIpc) is 3.14. The summed E-state index contributed by atoms with van der Waals surface area (Å²) in [6, 6.07) is -0.0609. The number of cyclic esters (lactones) is 1. The van der Waals surface area contributed by atoms with Gasteiger partial charge in [-0.15, -0.1) is 11.3 Å². The lowest BCUT2D eigenvalue weighted by Gasteiger charge is -2.24. The minimum Gasteiger partial charge on any atom is -0.433 e. The van der Waals surface area contributed by atoms with Gasteiger partial charge in [0.1, 0.15) is 11.6 Å². The van der Waals surface area contributed by atoms with Crippen LogP contribution in [-0.4, -0.2) is 51.4 Å². The molecule has 3 rings (SSSR count). The monoisotopic (exact) mass is 323 g/mol. The molecule has 7 nitrogen and oxygen atoms in total. The number of nitrogens with zero attached hydrogens (tertiary/aromatic N) is 3. The summed E-state index contributed by atoms with van der Waals surface area (Å²) < 4.78 is 4.99. The van der Waals surface area contributed by atoms with Gasteiger partial charge in [-0.05, 0) is 26.7 Å². The van der Waals surface area contributed by atoms with Crippen molar-refractivity contribution >= 4 is 29.2 Å². The number of hydrogen-bond donors (Lipinski definition) is 0. The van der Waals surface area contributed by atoms with E-state index < -0.39 is 17.6 Å². The highest BCUT2D eigenvalue weighted by Gasteiger charge is 2.48. The molecule has 2 aliphatic rings. The van der Waals surface area contributed by atoms with E-state index in [0.29, 0.717) is 6.54 Å². The zero-order valence-corrected chi connectivity index (χ0v) is 13.3. The van der Waals surface area contributed by atoms with E-state index in [1.165, 1.54) is 25.2 Å². The summed E-state index contributed by atoms with van der Waals surface area (Å²) >= 11 is 1.51. The normalized spacial score (nSPS) is 24.0. The SMILES string of the molecule is CC1(C)OC(=O)N(CC(=O)N2CCC[C@H]2c2nccs2)C1=O. The first kappa shape index (κ1) is 15.0. The van der Waals surface area contributed by atoms with Crippen LogP contribution in [0.2, 0.25) is 0 Å². The number of ether oxygens (including phenoxy) is 1. The van der Waals surface area contributed by atoms with E-state index in [2.05, 4.69) is 4.98 Å². The molecule has 0 saturated carbocycles. The molecule has 0 aliphatic carbocycles. The Morgan fingerprint density at radius 3 is 2.86 bits per heavy atom. The second-order valence-corrected chi connectivity index (χ2v) is 6.81. The van der Waals surface area contributed by atoms with Gasteiger partial charge in [0, 0.05) is 18.1 Å². The predicted octanol–water partition coefficient (Wildman–Crippen LogP) is 1.56. The van der Waals surface area contributed by atoms with Gasteiger partial charge in [-0.1, -0.05) is 0 Å². The zero-order valence-electron chi connectivity index (χ0n) is 12.4. The number of thiazole rings is 1. The highest BCUT2D eigenvalue weighted by Crippen LogP contribution is 2.33. The molecule has 22 heavy (non-hydrogen) atoms. The number of hydrogen-bond acceptors (Lipinski definition) is 6. The van der Waals surface area contributed by atoms with Crippen molar-refractivity contribution in [2.75, 3.05) is 13.1 Å².